The van der Waals surface area contributed by atoms with E-state index in [0.29, 0.717) is 6.42 Å². The van der Waals surface area contributed by atoms with E-state index in [1.54, 1.807) is 0 Å². The van der Waals surface area contributed by atoms with Crippen molar-refractivity contribution in [1.82, 2.24) is 0 Å². The van der Waals surface area contributed by atoms with Gasteiger partial charge in [0, 0.05) is 6.42 Å². The van der Waals surface area contributed by atoms with Crippen LogP contribution in [-0.4, -0.2) is 11.1 Å². The van der Waals surface area contributed by atoms with Crippen molar-refractivity contribution in [2.24, 2.45) is 11.8 Å². The van der Waals surface area contributed by atoms with Gasteiger partial charge in [-0.1, -0.05) is 78.6 Å². The minimum Gasteiger partial charge on any atom is -0.481 e. The quantitative estimate of drug-likeness (QED) is 0.394. The van der Waals surface area contributed by atoms with Crippen molar-refractivity contribution in [2.75, 3.05) is 0 Å². The zero-order valence-corrected chi connectivity index (χ0v) is 14.0. The van der Waals surface area contributed by atoms with Crippen LogP contribution in [0.3, 0.4) is 0 Å². The second-order valence-electron chi connectivity index (χ2n) is 6.64. The number of carbonyl (C=O) groups is 1. The molecule has 0 amide bonds. The molecule has 0 aliphatic carbocycles. The van der Waals surface area contributed by atoms with Crippen LogP contribution in [0, 0.1) is 11.8 Å². The molecule has 0 aromatic rings. The van der Waals surface area contributed by atoms with Crippen LogP contribution in [-0.2, 0) is 4.79 Å². The number of hydrogen-bond donors (Lipinski definition) is 1. The lowest BCUT2D eigenvalue weighted by Gasteiger charge is -2.17. The summed E-state index contributed by atoms with van der Waals surface area (Å²) in [6.07, 6.45) is 14.3. The van der Waals surface area contributed by atoms with Crippen LogP contribution in [0.25, 0.3) is 0 Å². The van der Waals surface area contributed by atoms with E-state index in [0.717, 1.165) is 24.7 Å². The average molecular weight is 284 g/mol. The number of rotatable bonds is 14. The van der Waals surface area contributed by atoms with Crippen molar-refractivity contribution in [1.29, 1.82) is 0 Å². The second kappa shape index (κ2) is 13.5. The number of carboxylic acids is 1. The Kier molecular flexibility index (Phi) is 13.1. The van der Waals surface area contributed by atoms with Crippen molar-refractivity contribution in [2.45, 2.75) is 97.8 Å². The molecule has 0 radical (unpaired) electrons. The lowest BCUT2D eigenvalue weighted by molar-refractivity contribution is -0.137. The predicted octanol–water partition coefficient (Wildman–Crippen LogP) is 6.04. The number of hydrogen-bond acceptors (Lipinski definition) is 1. The van der Waals surface area contributed by atoms with Crippen LogP contribution in [0.4, 0.5) is 0 Å². The van der Waals surface area contributed by atoms with E-state index >= 15 is 0 Å². The van der Waals surface area contributed by atoms with Crippen molar-refractivity contribution < 1.29 is 9.90 Å². The fourth-order valence-corrected chi connectivity index (χ4v) is 2.96. The van der Waals surface area contributed by atoms with E-state index in [1.807, 2.05) is 0 Å². The maximum absolute atomic E-state index is 10.4. The fraction of sp³-hybridized carbons (Fsp3) is 0.944. The van der Waals surface area contributed by atoms with Crippen molar-refractivity contribution >= 4 is 5.97 Å². The summed E-state index contributed by atoms with van der Waals surface area (Å²) >= 11 is 0. The van der Waals surface area contributed by atoms with Crippen molar-refractivity contribution in [3.8, 4) is 0 Å². The summed E-state index contributed by atoms with van der Waals surface area (Å²) in [5, 5.41) is 8.56. The van der Waals surface area contributed by atoms with Gasteiger partial charge in [0.05, 0.1) is 0 Å². The third-order valence-electron chi connectivity index (χ3n) is 4.19. The van der Waals surface area contributed by atoms with E-state index in [2.05, 4.69) is 20.8 Å². The number of carboxylic acid groups (broad SMARTS) is 1. The van der Waals surface area contributed by atoms with Gasteiger partial charge in [0.1, 0.15) is 0 Å². The Hall–Kier alpha value is -0.530. The largest absolute Gasteiger partial charge is 0.481 e. The summed E-state index contributed by atoms with van der Waals surface area (Å²) in [5.41, 5.74) is 0. The van der Waals surface area contributed by atoms with E-state index in [-0.39, 0.29) is 0 Å². The second-order valence-corrected chi connectivity index (χ2v) is 6.64. The third-order valence-corrected chi connectivity index (χ3v) is 4.19. The predicted molar refractivity (Wildman–Crippen MR) is 87.0 cm³/mol. The molecule has 2 atom stereocenters. The molecule has 0 aromatic carbocycles. The first-order valence-corrected chi connectivity index (χ1v) is 8.78. The minimum atomic E-state index is -0.657. The van der Waals surface area contributed by atoms with Crippen LogP contribution in [0.15, 0.2) is 0 Å². The summed E-state index contributed by atoms with van der Waals surface area (Å²) in [5.74, 6) is 1.04. The SMILES string of the molecule is CCCCCCC(C)CC(C)CCCCCCC(=O)O. The maximum Gasteiger partial charge on any atom is 0.303 e. The van der Waals surface area contributed by atoms with Gasteiger partial charge in [-0.05, 0) is 24.7 Å². The lowest BCUT2D eigenvalue weighted by Crippen LogP contribution is -2.03. The summed E-state index contributed by atoms with van der Waals surface area (Å²) in [4.78, 5) is 10.4. The molecule has 0 heterocycles. The Balaban J connectivity index is 3.38. The first kappa shape index (κ1) is 19.5. The molecular formula is C18H36O2. The topological polar surface area (TPSA) is 37.3 Å². The molecule has 0 aromatic heterocycles. The molecule has 0 saturated carbocycles. The highest BCUT2D eigenvalue weighted by Gasteiger charge is 2.08. The van der Waals surface area contributed by atoms with Crippen molar-refractivity contribution in [3.63, 3.8) is 0 Å². The van der Waals surface area contributed by atoms with Crippen LogP contribution in [0.5, 0.6) is 0 Å². The van der Waals surface area contributed by atoms with E-state index in [4.69, 9.17) is 5.11 Å². The Morgan fingerprint density at radius 1 is 0.850 bits per heavy atom. The van der Waals surface area contributed by atoms with Gasteiger partial charge in [0.25, 0.3) is 0 Å². The zero-order chi connectivity index (χ0) is 15.2. The van der Waals surface area contributed by atoms with Gasteiger partial charge in [0.15, 0.2) is 0 Å². The molecule has 0 rings (SSSR count). The first-order valence-electron chi connectivity index (χ1n) is 8.78. The van der Waals surface area contributed by atoms with E-state index < -0.39 is 5.97 Å². The molecule has 1 N–H and O–H groups in total. The van der Waals surface area contributed by atoms with Crippen LogP contribution in [0.1, 0.15) is 97.8 Å². The normalized spacial score (nSPS) is 14.2. The van der Waals surface area contributed by atoms with E-state index in [9.17, 15) is 4.79 Å². The Morgan fingerprint density at radius 3 is 1.85 bits per heavy atom. The Morgan fingerprint density at radius 2 is 1.35 bits per heavy atom. The van der Waals surface area contributed by atoms with Gasteiger partial charge in [-0.15, -0.1) is 0 Å². The van der Waals surface area contributed by atoms with Crippen molar-refractivity contribution in [3.05, 3.63) is 0 Å². The number of aliphatic carboxylic acids is 1. The summed E-state index contributed by atoms with van der Waals surface area (Å²) in [6, 6.07) is 0. The molecule has 0 fully saturated rings. The molecule has 0 aliphatic rings. The van der Waals surface area contributed by atoms with Gasteiger partial charge < -0.3 is 5.11 Å². The summed E-state index contributed by atoms with van der Waals surface area (Å²) in [6.45, 7) is 7.04. The molecular weight excluding hydrogens is 248 g/mol. The van der Waals surface area contributed by atoms with Gasteiger partial charge in [-0.2, -0.15) is 0 Å². The zero-order valence-electron chi connectivity index (χ0n) is 14.0. The molecule has 0 saturated heterocycles. The summed E-state index contributed by atoms with van der Waals surface area (Å²) < 4.78 is 0. The van der Waals surface area contributed by atoms with Crippen LogP contribution < -0.4 is 0 Å². The molecule has 20 heavy (non-hydrogen) atoms. The Labute approximate surface area is 126 Å². The van der Waals surface area contributed by atoms with Gasteiger partial charge >= 0.3 is 5.97 Å². The monoisotopic (exact) mass is 284 g/mol. The molecule has 0 aliphatic heterocycles. The fourth-order valence-electron chi connectivity index (χ4n) is 2.96. The van der Waals surface area contributed by atoms with Crippen LogP contribution >= 0.6 is 0 Å². The van der Waals surface area contributed by atoms with Gasteiger partial charge in [-0.25, -0.2) is 0 Å². The molecule has 2 heteroatoms. The molecule has 120 valence electrons. The first-order chi connectivity index (χ1) is 9.56. The highest BCUT2D eigenvalue weighted by atomic mass is 16.4. The Bertz CT molecular complexity index is 225. The van der Waals surface area contributed by atoms with Crippen LogP contribution in [0.2, 0.25) is 0 Å². The number of unbranched alkanes of at least 4 members (excludes halogenated alkanes) is 6. The highest BCUT2D eigenvalue weighted by Crippen LogP contribution is 2.22. The smallest absolute Gasteiger partial charge is 0.303 e. The minimum absolute atomic E-state index is 0.338. The summed E-state index contributed by atoms with van der Waals surface area (Å²) in [7, 11) is 0. The molecule has 0 bridgehead atoms. The van der Waals surface area contributed by atoms with Gasteiger partial charge in [-0.3, -0.25) is 4.79 Å². The lowest BCUT2D eigenvalue weighted by atomic mass is 9.89. The van der Waals surface area contributed by atoms with E-state index in [1.165, 1.54) is 57.8 Å². The molecule has 2 nitrogen and oxygen atoms in total. The average Bonchev–Trinajstić information content (AvgIpc) is 2.38. The van der Waals surface area contributed by atoms with Gasteiger partial charge in [0.2, 0.25) is 0 Å². The molecule has 0 spiro atoms. The highest BCUT2D eigenvalue weighted by molar-refractivity contribution is 5.66. The standard InChI is InChI=1S/C18H36O2/c1-4-5-6-9-12-16(2)15-17(3)13-10-7-8-11-14-18(19)20/h16-17H,4-15H2,1-3H3,(H,19,20). The third kappa shape index (κ3) is 13.9. The maximum atomic E-state index is 10.4. The molecule has 2 unspecified atom stereocenters.